The van der Waals surface area contributed by atoms with Crippen molar-refractivity contribution in [1.82, 2.24) is 9.97 Å². The van der Waals surface area contributed by atoms with Crippen molar-refractivity contribution in [3.05, 3.63) is 60.6 Å². The number of hydrogen-bond acceptors (Lipinski definition) is 3. The first kappa shape index (κ1) is 12.7. The molecule has 24 heavy (non-hydrogen) atoms. The highest BCUT2D eigenvalue weighted by Crippen LogP contribution is 2.34. The fourth-order valence-corrected chi connectivity index (χ4v) is 2.86. The Morgan fingerprint density at radius 2 is 1.75 bits per heavy atom. The van der Waals surface area contributed by atoms with E-state index in [0.717, 1.165) is 27.5 Å². The van der Waals surface area contributed by atoms with Crippen LogP contribution in [0, 0.1) is 5.41 Å². The minimum atomic E-state index is -1.57. The summed E-state index contributed by atoms with van der Waals surface area (Å²) in [6.45, 7) is 5.58. The number of aromatic nitrogens is 2. The van der Waals surface area contributed by atoms with Gasteiger partial charge in [0, 0.05) is 25.3 Å². The first-order valence-electron chi connectivity index (χ1n) is 9.02. The Morgan fingerprint density at radius 1 is 0.958 bits per heavy atom. The third kappa shape index (κ3) is 2.67. The number of nitrogens with zero attached hydrogens (tertiary/aromatic N) is 2. The molecule has 4 aromatic rings. The molecule has 3 heteroatoms. The van der Waals surface area contributed by atoms with E-state index in [4.69, 9.17) is 7.16 Å². The van der Waals surface area contributed by atoms with E-state index < -0.39 is 11.8 Å². The van der Waals surface area contributed by atoms with Gasteiger partial charge in [0.05, 0.1) is 17.6 Å². The van der Waals surface area contributed by atoms with Crippen LogP contribution in [0.5, 0.6) is 0 Å². The molecule has 3 nitrogen and oxygen atoms in total. The lowest BCUT2D eigenvalue weighted by Gasteiger charge is -2.16. The third-order valence-electron chi connectivity index (χ3n) is 3.84. The van der Waals surface area contributed by atoms with Gasteiger partial charge >= 0.3 is 0 Å². The van der Waals surface area contributed by atoms with Gasteiger partial charge < -0.3 is 4.42 Å². The Hall–Kier alpha value is -2.68. The lowest BCUT2D eigenvalue weighted by Crippen LogP contribution is -2.10. The van der Waals surface area contributed by atoms with E-state index in [1.165, 1.54) is 6.20 Å². The van der Waals surface area contributed by atoms with Gasteiger partial charge in [0.2, 0.25) is 0 Å². The van der Waals surface area contributed by atoms with Crippen molar-refractivity contribution in [2.45, 2.75) is 27.1 Å². The van der Waals surface area contributed by atoms with Crippen molar-refractivity contribution in [1.29, 1.82) is 0 Å². The van der Waals surface area contributed by atoms with Gasteiger partial charge in [-0.2, -0.15) is 0 Å². The van der Waals surface area contributed by atoms with Crippen LogP contribution in [0.4, 0.5) is 0 Å². The molecule has 0 spiro atoms. The predicted octanol–water partition coefficient (Wildman–Crippen LogP) is 5.63. The van der Waals surface area contributed by atoms with Gasteiger partial charge in [-0.25, -0.2) is 0 Å². The second kappa shape index (κ2) is 5.45. The number of benzene rings is 2. The van der Waals surface area contributed by atoms with Crippen molar-refractivity contribution in [3.8, 4) is 11.3 Å². The summed E-state index contributed by atoms with van der Waals surface area (Å²) in [5.74, 6) is 0. The number of furan rings is 1. The van der Waals surface area contributed by atoms with Crippen LogP contribution in [0.25, 0.3) is 33.2 Å². The molecule has 120 valence electrons. The largest absolute Gasteiger partial charge is 0.455 e. The van der Waals surface area contributed by atoms with Crippen molar-refractivity contribution < 1.29 is 7.16 Å². The molecule has 2 aromatic carbocycles. The monoisotopic (exact) mass is 318 g/mol. The molecule has 0 N–H and O–H groups in total. The summed E-state index contributed by atoms with van der Waals surface area (Å²) in [6, 6.07) is 13.9. The minimum Gasteiger partial charge on any atom is -0.455 e. The molecular formula is C21H20N2O. The van der Waals surface area contributed by atoms with Crippen molar-refractivity contribution in [2.75, 3.05) is 0 Å². The Balaban J connectivity index is 1.84. The Morgan fingerprint density at radius 3 is 2.50 bits per heavy atom. The molecule has 0 radical (unpaired) electrons. The highest BCUT2D eigenvalue weighted by atomic mass is 16.3. The molecule has 0 bridgehead atoms. The molecule has 0 aliphatic carbocycles. The molecule has 0 atom stereocenters. The highest BCUT2D eigenvalue weighted by molar-refractivity contribution is 6.09. The molecule has 0 aliphatic heterocycles. The molecule has 2 heterocycles. The number of para-hydroxylation sites is 2. The molecular weight excluding hydrogens is 296 g/mol. The predicted molar refractivity (Wildman–Crippen MR) is 97.9 cm³/mol. The zero-order chi connectivity index (χ0) is 18.5. The Kier molecular flexibility index (Phi) is 2.88. The summed E-state index contributed by atoms with van der Waals surface area (Å²) < 4.78 is 22.7. The van der Waals surface area contributed by atoms with Gasteiger partial charge in [-0.15, -0.1) is 0 Å². The van der Waals surface area contributed by atoms with E-state index in [9.17, 15) is 0 Å². The van der Waals surface area contributed by atoms with Crippen LogP contribution in [0.1, 0.15) is 29.2 Å². The maximum absolute atomic E-state index is 8.34. The summed E-state index contributed by atoms with van der Waals surface area (Å²) >= 11 is 0. The van der Waals surface area contributed by atoms with Crippen molar-refractivity contribution in [2.24, 2.45) is 5.41 Å². The third-order valence-corrected chi connectivity index (χ3v) is 3.84. The highest BCUT2D eigenvalue weighted by Gasteiger charge is 2.15. The average molecular weight is 318 g/mol. The summed E-state index contributed by atoms with van der Waals surface area (Å²) in [7, 11) is 0. The van der Waals surface area contributed by atoms with E-state index in [2.05, 4.69) is 9.97 Å². The Labute approximate surface area is 144 Å². The smallest absolute Gasteiger partial charge is 0.144 e. The van der Waals surface area contributed by atoms with Crippen LogP contribution < -0.4 is 0 Å². The van der Waals surface area contributed by atoms with E-state index in [1.54, 1.807) is 6.20 Å². The standard InChI is InChI=1S/C21H20N2O/c1-21(2,3)11-14-12-23-18(13-22-14)17-9-6-8-16-15-7-4-5-10-19(15)24-20(16)17/h4-10,12-13H,11H2,1-3H3/i11D2. The van der Waals surface area contributed by atoms with Gasteiger partial charge in [0.15, 0.2) is 0 Å². The second-order valence-electron chi connectivity index (χ2n) is 6.94. The molecule has 0 amide bonds. The first-order chi connectivity index (χ1) is 12.3. The topological polar surface area (TPSA) is 38.9 Å². The summed E-state index contributed by atoms with van der Waals surface area (Å²) in [4.78, 5) is 8.86. The fraction of sp³-hybridized carbons (Fsp3) is 0.238. The summed E-state index contributed by atoms with van der Waals surface area (Å²) in [6.07, 6.45) is 1.59. The molecule has 0 aliphatic rings. The van der Waals surface area contributed by atoms with Crippen LogP contribution in [0.15, 0.2) is 59.3 Å². The maximum atomic E-state index is 8.34. The molecule has 4 rings (SSSR count). The zero-order valence-electron chi connectivity index (χ0n) is 16.0. The van der Waals surface area contributed by atoms with E-state index >= 15 is 0 Å². The number of hydrogen-bond donors (Lipinski definition) is 0. The minimum absolute atomic E-state index is 0.338. The lowest BCUT2D eigenvalue weighted by atomic mass is 9.91. The van der Waals surface area contributed by atoms with Crippen molar-refractivity contribution >= 4 is 21.9 Å². The van der Waals surface area contributed by atoms with Gasteiger partial charge in [-0.05, 0) is 23.9 Å². The van der Waals surface area contributed by atoms with Crippen LogP contribution >= 0.6 is 0 Å². The van der Waals surface area contributed by atoms with Crippen LogP contribution in [-0.2, 0) is 6.37 Å². The van der Waals surface area contributed by atoms with Gasteiger partial charge in [0.25, 0.3) is 0 Å². The van der Waals surface area contributed by atoms with Crippen LogP contribution in [0.3, 0.4) is 0 Å². The van der Waals surface area contributed by atoms with Gasteiger partial charge in [-0.1, -0.05) is 51.1 Å². The molecule has 0 unspecified atom stereocenters. The maximum Gasteiger partial charge on any atom is 0.144 e. The van der Waals surface area contributed by atoms with Crippen molar-refractivity contribution in [3.63, 3.8) is 0 Å². The van der Waals surface area contributed by atoms with Crippen LogP contribution in [-0.4, -0.2) is 9.97 Å². The molecule has 0 saturated carbocycles. The van der Waals surface area contributed by atoms with E-state index in [1.807, 2.05) is 63.2 Å². The number of rotatable bonds is 2. The number of fused-ring (bicyclic) bond motifs is 3. The van der Waals surface area contributed by atoms with E-state index in [0.29, 0.717) is 11.4 Å². The first-order valence-corrected chi connectivity index (χ1v) is 8.02. The normalized spacial score (nSPS) is 14.0. The SMILES string of the molecule is [2H]C([2H])(c1cnc(-c2cccc3c2oc2ccccc23)cn1)C(C)(C)C. The zero-order valence-corrected chi connectivity index (χ0v) is 14.0. The van der Waals surface area contributed by atoms with Crippen LogP contribution in [0.2, 0.25) is 0 Å². The fourth-order valence-electron chi connectivity index (χ4n) is 2.86. The van der Waals surface area contributed by atoms with Gasteiger partial charge in [0.1, 0.15) is 11.2 Å². The molecule has 0 fully saturated rings. The average Bonchev–Trinajstić information content (AvgIpc) is 2.99. The summed E-state index contributed by atoms with van der Waals surface area (Å²) in [5.41, 5.74) is 2.91. The lowest BCUT2D eigenvalue weighted by molar-refractivity contribution is 0.405. The molecule has 2 aromatic heterocycles. The Bertz CT molecular complexity index is 1090. The quantitative estimate of drug-likeness (QED) is 0.480. The summed E-state index contributed by atoms with van der Waals surface area (Å²) in [5, 5.41) is 2.10. The van der Waals surface area contributed by atoms with E-state index in [-0.39, 0.29) is 0 Å². The molecule has 0 saturated heterocycles. The van der Waals surface area contributed by atoms with Gasteiger partial charge in [-0.3, -0.25) is 9.97 Å². The second-order valence-corrected chi connectivity index (χ2v) is 6.94.